The number of rotatable bonds is 6. The minimum absolute atomic E-state index is 0.489. The molecule has 0 bridgehead atoms. The lowest BCUT2D eigenvalue weighted by molar-refractivity contribution is 0.0678. The van der Waals surface area contributed by atoms with Crippen molar-refractivity contribution in [2.45, 2.75) is 52.1 Å². The minimum Gasteiger partial charge on any atom is -0.390 e. The fourth-order valence-electron chi connectivity index (χ4n) is 1.14. The molecule has 0 aliphatic heterocycles. The van der Waals surface area contributed by atoms with Crippen LogP contribution in [0.25, 0.3) is 0 Å². The van der Waals surface area contributed by atoms with Crippen LogP contribution in [-0.4, -0.2) is 10.7 Å². The molecule has 0 saturated carbocycles. The van der Waals surface area contributed by atoms with E-state index in [0.29, 0.717) is 5.92 Å². The summed E-state index contributed by atoms with van der Waals surface area (Å²) in [4.78, 5) is 0. The number of allylic oxidation sites excluding steroid dienone is 1. The van der Waals surface area contributed by atoms with E-state index >= 15 is 0 Å². The van der Waals surface area contributed by atoms with Crippen LogP contribution in [0.5, 0.6) is 0 Å². The molecular weight excluding hydrogens is 148 g/mol. The molecule has 0 aliphatic rings. The van der Waals surface area contributed by atoms with Crippen molar-refractivity contribution >= 4 is 0 Å². The van der Waals surface area contributed by atoms with Crippen molar-refractivity contribution in [3.8, 4) is 0 Å². The number of aliphatic hydroxyl groups is 1. The zero-order valence-electron chi connectivity index (χ0n) is 8.64. The predicted molar refractivity (Wildman–Crippen MR) is 54.1 cm³/mol. The highest BCUT2D eigenvalue weighted by atomic mass is 16.3. The molecule has 0 amide bonds. The van der Waals surface area contributed by atoms with Crippen molar-refractivity contribution in [2.75, 3.05) is 0 Å². The van der Waals surface area contributed by atoms with Crippen molar-refractivity contribution in [1.29, 1.82) is 0 Å². The second kappa shape index (κ2) is 5.36. The summed E-state index contributed by atoms with van der Waals surface area (Å²) in [5, 5.41) is 9.42. The van der Waals surface area contributed by atoms with Gasteiger partial charge in [0.15, 0.2) is 0 Å². The van der Waals surface area contributed by atoms with Crippen LogP contribution in [-0.2, 0) is 0 Å². The van der Waals surface area contributed by atoms with Gasteiger partial charge in [0.2, 0.25) is 0 Å². The van der Waals surface area contributed by atoms with E-state index in [4.69, 9.17) is 0 Å². The lowest BCUT2D eigenvalue weighted by atomic mass is 9.97. The highest BCUT2D eigenvalue weighted by molar-refractivity contribution is 4.75. The third-order valence-electron chi connectivity index (χ3n) is 2.10. The summed E-state index contributed by atoms with van der Waals surface area (Å²) < 4.78 is 0. The molecule has 0 aromatic rings. The molecule has 1 unspecified atom stereocenters. The van der Waals surface area contributed by atoms with E-state index in [0.717, 1.165) is 12.8 Å². The maximum atomic E-state index is 9.42. The van der Waals surface area contributed by atoms with Gasteiger partial charge in [0, 0.05) is 0 Å². The molecule has 72 valence electrons. The lowest BCUT2D eigenvalue weighted by Crippen LogP contribution is -2.17. The fourth-order valence-corrected chi connectivity index (χ4v) is 1.14. The highest BCUT2D eigenvalue weighted by Crippen LogP contribution is 2.15. The Labute approximate surface area is 76.5 Å². The van der Waals surface area contributed by atoms with Crippen LogP contribution in [0.1, 0.15) is 46.5 Å². The molecule has 1 heteroatoms. The van der Waals surface area contributed by atoms with Gasteiger partial charge in [-0.15, -0.1) is 6.58 Å². The van der Waals surface area contributed by atoms with E-state index in [2.05, 4.69) is 13.5 Å². The Bertz CT molecular complexity index is 121. The summed E-state index contributed by atoms with van der Waals surface area (Å²) in [6, 6.07) is 0. The van der Waals surface area contributed by atoms with Gasteiger partial charge in [0.1, 0.15) is 0 Å². The average molecular weight is 170 g/mol. The van der Waals surface area contributed by atoms with E-state index in [1.54, 1.807) is 0 Å². The molecule has 0 heterocycles. The van der Waals surface area contributed by atoms with Gasteiger partial charge in [0.25, 0.3) is 0 Å². The van der Waals surface area contributed by atoms with Gasteiger partial charge in [-0.3, -0.25) is 0 Å². The largest absolute Gasteiger partial charge is 0.390 e. The summed E-state index contributed by atoms with van der Waals surface area (Å²) in [5.74, 6) is 0.617. The Balaban J connectivity index is 3.27. The molecule has 12 heavy (non-hydrogen) atoms. The van der Waals surface area contributed by atoms with Crippen molar-refractivity contribution in [2.24, 2.45) is 5.92 Å². The SMILES string of the molecule is C=CC(C)CCCCC(C)(C)O. The van der Waals surface area contributed by atoms with E-state index < -0.39 is 5.60 Å². The molecule has 1 N–H and O–H groups in total. The summed E-state index contributed by atoms with van der Waals surface area (Å²) >= 11 is 0. The van der Waals surface area contributed by atoms with Gasteiger partial charge in [-0.05, 0) is 32.6 Å². The van der Waals surface area contributed by atoms with Crippen LogP contribution in [0, 0.1) is 5.92 Å². The third kappa shape index (κ3) is 7.80. The molecule has 0 aliphatic carbocycles. The van der Waals surface area contributed by atoms with E-state index in [1.165, 1.54) is 12.8 Å². The molecule has 0 saturated heterocycles. The predicted octanol–water partition coefficient (Wildman–Crippen LogP) is 3.14. The van der Waals surface area contributed by atoms with Crippen LogP contribution in [0.3, 0.4) is 0 Å². The average Bonchev–Trinajstić information content (AvgIpc) is 1.96. The first-order chi connectivity index (χ1) is 5.45. The Morgan fingerprint density at radius 1 is 1.42 bits per heavy atom. The molecule has 1 nitrogen and oxygen atoms in total. The molecule has 0 radical (unpaired) electrons. The number of hydrogen-bond acceptors (Lipinski definition) is 1. The smallest absolute Gasteiger partial charge is 0.0591 e. The monoisotopic (exact) mass is 170 g/mol. The number of unbranched alkanes of at least 4 members (excludes halogenated alkanes) is 1. The molecule has 0 fully saturated rings. The Kier molecular flexibility index (Phi) is 5.23. The van der Waals surface area contributed by atoms with Crippen molar-refractivity contribution in [3.63, 3.8) is 0 Å². The summed E-state index contributed by atoms with van der Waals surface area (Å²) in [6.07, 6.45) is 6.39. The van der Waals surface area contributed by atoms with Gasteiger partial charge in [-0.2, -0.15) is 0 Å². The normalized spacial score (nSPS) is 14.3. The van der Waals surface area contributed by atoms with Crippen LogP contribution in [0.4, 0.5) is 0 Å². The fraction of sp³-hybridized carbons (Fsp3) is 0.818. The first-order valence-electron chi connectivity index (χ1n) is 4.80. The Hall–Kier alpha value is -0.300. The first-order valence-corrected chi connectivity index (χ1v) is 4.80. The standard InChI is InChI=1S/C11H22O/c1-5-10(2)8-6-7-9-11(3,4)12/h5,10,12H,1,6-9H2,2-4H3. The summed E-state index contributed by atoms with van der Waals surface area (Å²) in [7, 11) is 0. The van der Waals surface area contributed by atoms with Crippen LogP contribution < -0.4 is 0 Å². The summed E-state index contributed by atoms with van der Waals surface area (Å²) in [6.45, 7) is 9.65. The second-order valence-corrected chi connectivity index (χ2v) is 4.27. The molecular formula is C11H22O. The third-order valence-corrected chi connectivity index (χ3v) is 2.10. The van der Waals surface area contributed by atoms with Gasteiger partial charge in [0.05, 0.1) is 5.60 Å². The highest BCUT2D eigenvalue weighted by Gasteiger charge is 2.11. The molecule has 0 rings (SSSR count). The molecule has 1 atom stereocenters. The van der Waals surface area contributed by atoms with Gasteiger partial charge < -0.3 is 5.11 Å². The van der Waals surface area contributed by atoms with Crippen molar-refractivity contribution < 1.29 is 5.11 Å². The van der Waals surface area contributed by atoms with Crippen LogP contribution in [0.15, 0.2) is 12.7 Å². The zero-order valence-corrected chi connectivity index (χ0v) is 8.64. The summed E-state index contributed by atoms with van der Waals surface area (Å²) in [5.41, 5.74) is -0.489. The molecule has 0 aromatic carbocycles. The maximum Gasteiger partial charge on any atom is 0.0591 e. The zero-order chi connectivity index (χ0) is 9.61. The topological polar surface area (TPSA) is 20.2 Å². The van der Waals surface area contributed by atoms with Crippen LogP contribution >= 0.6 is 0 Å². The first kappa shape index (κ1) is 11.7. The van der Waals surface area contributed by atoms with Crippen molar-refractivity contribution in [3.05, 3.63) is 12.7 Å². The van der Waals surface area contributed by atoms with E-state index in [9.17, 15) is 5.11 Å². The Morgan fingerprint density at radius 2 is 2.00 bits per heavy atom. The number of hydrogen-bond donors (Lipinski definition) is 1. The second-order valence-electron chi connectivity index (χ2n) is 4.27. The van der Waals surface area contributed by atoms with Gasteiger partial charge >= 0.3 is 0 Å². The van der Waals surface area contributed by atoms with Gasteiger partial charge in [-0.25, -0.2) is 0 Å². The Morgan fingerprint density at radius 3 is 2.42 bits per heavy atom. The van der Waals surface area contributed by atoms with E-state index in [-0.39, 0.29) is 0 Å². The maximum absolute atomic E-state index is 9.42. The van der Waals surface area contributed by atoms with Crippen LogP contribution in [0.2, 0.25) is 0 Å². The van der Waals surface area contributed by atoms with Crippen molar-refractivity contribution in [1.82, 2.24) is 0 Å². The minimum atomic E-state index is -0.489. The molecule has 0 aromatic heterocycles. The molecule has 0 spiro atoms. The van der Waals surface area contributed by atoms with E-state index in [1.807, 2.05) is 19.9 Å². The van der Waals surface area contributed by atoms with Gasteiger partial charge in [-0.1, -0.05) is 25.8 Å². The quantitative estimate of drug-likeness (QED) is 0.479. The lowest BCUT2D eigenvalue weighted by Gasteiger charge is -2.16.